The van der Waals surface area contributed by atoms with Gasteiger partial charge in [-0.15, -0.1) is 0 Å². The Hall–Kier alpha value is -3.62. The van der Waals surface area contributed by atoms with Crippen molar-refractivity contribution in [2.24, 2.45) is 0 Å². The third kappa shape index (κ3) is 48.3. The Balaban J connectivity index is 3.96. The van der Waals surface area contributed by atoms with Gasteiger partial charge in [-0.2, -0.15) is 0 Å². The van der Waals surface area contributed by atoms with Gasteiger partial charge in [-0.05, 0) is 103 Å². The van der Waals surface area contributed by atoms with Gasteiger partial charge in [0.15, 0.2) is 0 Å². The molecular weight excluding hydrogens is 840 g/mol. The van der Waals surface area contributed by atoms with Crippen molar-refractivity contribution in [2.45, 2.75) is 167 Å². The number of allylic oxidation sites excluding steroid dienone is 24. The van der Waals surface area contributed by atoms with Crippen molar-refractivity contribution in [3.05, 3.63) is 146 Å². The largest absolute Gasteiger partial charge is 0.756 e. The fourth-order valence-corrected chi connectivity index (χ4v) is 6.86. The first-order valence-corrected chi connectivity index (χ1v) is 26.6. The Morgan fingerprint density at radius 2 is 0.924 bits per heavy atom. The first-order valence-electron chi connectivity index (χ1n) is 25.2. The van der Waals surface area contributed by atoms with Crippen molar-refractivity contribution >= 4 is 13.7 Å². The quantitative estimate of drug-likeness (QED) is 0.0273. The number of nitrogens with zero attached hydrogens (tertiary/aromatic N) is 1. The topological polar surface area (TPSA) is 108 Å². The number of aliphatic hydroxyl groups excluding tert-OH is 1. The van der Waals surface area contributed by atoms with Crippen LogP contribution in [0.5, 0.6) is 0 Å². The van der Waals surface area contributed by atoms with Crippen molar-refractivity contribution in [3.63, 3.8) is 0 Å². The molecule has 2 N–H and O–H groups in total. The highest BCUT2D eigenvalue weighted by molar-refractivity contribution is 7.45. The maximum atomic E-state index is 12.7. The molecule has 0 radical (unpaired) electrons. The number of carbonyl (C=O) groups excluding carboxylic acids is 1. The highest BCUT2D eigenvalue weighted by atomic mass is 31.2. The van der Waals surface area contributed by atoms with Gasteiger partial charge in [0.05, 0.1) is 39.9 Å². The second-order valence-corrected chi connectivity index (χ2v) is 18.8. The van der Waals surface area contributed by atoms with Gasteiger partial charge in [-0.1, -0.05) is 192 Å². The number of hydrogen-bond donors (Lipinski definition) is 2. The van der Waals surface area contributed by atoms with Crippen molar-refractivity contribution in [3.8, 4) is 0 Å². The first kappa shape index (κ1) is 62.4. The minimum absolute atomic E-state index is 0.00303. The van der Waals surface area contributed by atoms with Gasteiger partial charge >= 0.3 is 0 Å². The van der Waals surface area contributed by atoms with Gasteiger partial charge in [0.2, 0.25) is 5.91 Å². The van der Waals surface area contributed by atoms with Crippen molar-refractivity contribution < 1.29 is 32.9 Å². The van der Waals surface area contributed by atoms with Crippen LogP contribution in [0.3, 0.4) is 0 Å². The van der Waals surface area contributed by atoms with E-state index in [4.69, 9.17) is 9.05 Å². The summed E-state index contributed by atoms with van der Waals surface area (Å²) in [4.78, 5) is 25.0. The van der Waals surface area contributed by atoms with Crippen LogP contribution in [0.25, 0.3) is 0 Å². The number of quaternary nitrogens is 1. The molecule has 0 bridgehead atoms. The SMILES string of the molecule is CC/C=C\C/C=C\C/C=C\C/C=C\C/C=C\C/C=C\C/C=C\C/C=C\C/C=C\C/C=C\C/C=C\C/C=C\CCCCCCC(=O)NC(COP(=O)([O-])OCC[N+](C)(C)C)C(O)CCCCC. The second-order valence-electron chi connectivity index (χ2n) is 17.4. The van der Waals surface area contributed by atoms with Gasteiger partial charge < -0.3 is 28.8 Å². The van der Waals surface area contributed by atoms with E-state index in [0.29, 0.717) is 23.9 Å². The number of carbonyl (C=O) groups is 1. The third-order valence-corrected chi connectivity index (χ3v) is 11.1. The maximum Gasteiger partial charge on any atom is 0.268 e. The van der Waals surface area contributed by atoms with E-state index in [9.17, 15) is 19.4 Å². The average molecular weight is 933 g/mol. The molecule has 9 heteroatoms. The fourth-order valence-electron chi connectivity index (χ4n) is 6.13. The molecule has 0 saturated carbocycles. The summed E-state index contributed by atoms with van der Waals surface area (Å²) in [5.41, 5.74) is 0. The molecule has 8 nitrogen and oxygen atoms in total. The van der Waals surface area contributed by atoms with Crippen molar-refractivity contribution in [1.29, 1.82) is 0 Å². The summed E-state index contributed by atoms with van der Waals surface area (Å²) >= 11 is 0. The summed E-state index contributed by atoms with van der Waals surface area (Å²) in [6.07, 6.45) is 72.6. The van der Waals surface area contributed by atoms with Crippen LogP contribution in [-0.4, -0.2) is 68.5 Å². The van der Waals surface area contributed by atoms with Crippen molar-refractivity contribution in [2.75, 3.05) is 40.9 Å². The summed E-state index contributed by atoms with van der Waals surface area (Å²) in [6, 6.07) is -0.820. The van der Waals surface area contributed by atoms with Crippen molar-refractivity contribution in [1.82, 2.24) is 5.32 Å². The number of hydrogen-bond acceptors (Lipinski definition) is 6. The van der Waals surface area contributed by atoms with Gasteiger partial charge in [-0.3, -0.25) is 9.36 Å². The molecule has 0 aliphatic rings. The smallest absolute Gasteiger partial charge is 0.268 e. The lowest BCUT2D eigenvalue weighted by Gasteiger charge is -2.30. The molecule has 0 aliphatic heterocycles. The predicted molar refractivity (Wildman–Crippen MR) is 283 cm³/mol. The van der Waals surface area contributed by atoms with Gasteiger partial charge in [0.25, 0.3) is 7.82 Å². The van der Waals surface area contributed by atoms with Crippen LogP contribution in [-0.2, 0) is 18.4 Å². The number of amides is 1. The third-order valence-electron chi connectivity index (χ3n) is 10.1. The summed E-state index contributed by atoms with van der Waals surface area (Å²) in [5.74, 6) is -0.209. The number of phosphoric ester groups is 1. The molecule has 3 unspecified atom stereocenters. The van der Waals surface area contributed by atoms with E-state index in [1.807, 2.05) is 21.1 Å². The minimum atomic E-state index is -4.56. The molecule has 0 spiro atoms. The standard InChI is InChI=1S/C57H93N2O6P/c1-6-8-10-11-12-13-14-15-16-17-18-19-20-21-22-23-24-25-26-27-28-29-30-31-32-33-34-35-36-37-38-39-40-41-42-43-44-45-46-47-49-51-57(61)58-55(56(60)50-48-9-7-2)54-65-66(62,63)64-53-52-59(3,4)5/h8,10,12-13,15-16,18-19,21-22,24-25,27-28,30-31,33-34,36-37,39-40,42-43,55-56,60H,6-7,9,11,14,17,20,23,26,29,32,35,38,41,44-54H2,1-5H3,(H-,58,61,62,63)/b10-8-,13-12-,16-15-,19-18-,22-21-,25-24-,28-27-,31-30-,34-33-,37-36-,40-39-,43-42-. The Morgan fingerprint density at radius 1 is 0.545 bits per heavy atom. The normalized spacial score (nSPS) is 15.3. The minimum Gasteiger partial charge on any atom is -0.756 e. The van der Waals surface area contributed by atoms with Crippen LogP contribution in [0, 0.1) is 0 Å². The molecule has 3 atom stereocenters. The second kappa shape index (κ2) is 46.5. The Kier molecular flexibility index (Phi) is 43.9. The molecule has 0 heterocycles. The summed E-state index contributed by atoms with van der Waals surface area (Å²) in [5, 5.41) is 13.5. The van der Waals surface area contributed by atoms with Gasteiger partial charge in [0.1, 0.15) is 13.2 Å². The highest BCUT2D eigenvalue weighted by Crippen LogP contribution is 2.38. The van der Waals surface area contributed by atoms with E-state index in [0.717, 1.165) is 128 Å². The average Bonchev–Trinajstić information content (AvgIpc) is 3.27. The van der Waals surface area contributed by atoms with E-state index in [2.05, 4.69) is 165 Å². The Bertz CT molecular complexity index is 1570. The molecule has 0 rings (SSSR count). The summed E-state index contributed by atoms with van der Waals surface area (Å²) < 4.78 is 22.9. The molecule has 0 aromatic carbocycles. The van der Waals surface area contributed by atoms with Crippen LogP contribution in [0.1, 0.15) is 155 Å². The summed E-state index contributed by atoms with van der Waals surface area (Å²) in [7, 11) is 1.25. The van der Waals surface area contributed by atoms with E-state index < -0.39 is 20.0 Å². The molecule has 66 heavy (non-hydrogen) atoms. The van der Waals surface area contributed by atoms with E-state index in [1.165, 1.54) is 0 Å². The number of phosphoric acid groups is 1. The van der Waals surface area contributed by atoms with Crippen LogP contribution in [0.2, 0.25) is 0 Å². The van der Waals surface area contributed by atoms with E-state index >= 15 is 0 Å². The van der Waals surface area contributed by atoms with Crippen LogP contribution in [0.4, 0.5) is 0 Å². The molecule has 0 aromatic rings. The lowest BCUT2D eigenvalue weighted by molar-refractivity contribution is -0.870. The molecular formula is C57H93N2O6P. The lowest BCUT2D eigenvalue weighted by Crippen LogP contribution is -2.46. The zero-order chi connectivity index (χ0) is 48.5. The number of likely N-dealkylation sites (N-methyl/N-ethyl adjacent to an activating group) is 1. The number of unbranched alkanes of at least 4 members (excludes halogenated alkanes) is 6. The predicted octanol–water partition coefficient (Wildman–Crippen LogP) is 14.3. The van der Waals surface area contributed by atoms with E-state index in [-0.39, 0.29) is 19.1 Å². The first-order chi connectivity index (χ1) is 32.0. The fraction of sp³-hybridized carbons (Fsp3) is 0.561. The number of aliphatic hydroxyl groups is 1. The highest BCUT2D eigenvalue weighted by Gasteiger charge is 2.24. The molecule has 0 saturated heterocycles. The molecule has 0 fully saturated rings. The zero-order valence-electron chi connectivity index (χ0n) is 42.1. The zero-order valence-corrected chi connectivity index (χ0v) is 43.0. The van der Waals surface area contributed by atoms with Crippen LogP contribution >= 0.6 is 7.82 Å². The molecule has 372 valence electrons. The van der Waals surface area contributed by atoms with Crippen LogP contribution in [0.15, 0.2) is 146 Å². The monoisotopic (exact) mass is 933 g/mol. The summed E-state index contributed by atoms with van der Waals surface area (Å²) in [6.45, 7) is 4.37. The number of rotatable bonds is 43. The molecule has 0 aliphatic carbocycles. The Morgan fingerprint density at radius 3 is 1.30 bits per heavy atom. The van der Waals surface area contributed by atoms with Gasteiger partial charge in [0, 0.05) is 6.42 Å². The van der Waals surface area contributed by atoms with Gasteiger partial charge in [-0.25, -0.2) is 0 Å². The lowest BCUT2D eigenvalue weighted by atomic mass is 10.0. The Labute approximate surface area is 404 Å². The molecule has 1 amide bonds. The molecule has 0 aromatic heterocycles. The van der Waals surface area contributed by atoms with E-state index in [1.54, 1.807) is 0 Å². The maximum absolute atomic E-state index is 12.7. The van der Waals surface area contributed by atoms with Crippen LogP contribution < -0.4 is 10.2 Å². The number of nitrogens with one attached hydrogen (secondary N) is 1.